The first-order chi connectivity index (χ1) is 17.5. The Balaban J connectivity index is 1.50. The van der Waals surface area contributed by atoms with Crippen molar-refractivity contribution in [2.45, 2.75) is 57.0 Å². The second-order valence-corrected chi connectivity index (χ2v) is 10.3. The molecule has 3 atom stereocenters. The van der Waals surface area contributed by atoms with Crippen LogP contribution in [-0.2, 0) is 27.7 Å². The maximum absolute atomic E-state index is 14.0. The first-order valence-electron chi connectivity index (χ1n) is 12.1. The molecular formula is C27H25F3N4O3. The molecule has 3 amide bonds. The van der Waals surface area contributed by atoms with Gasteiger partial charge in [0.2, 0.25) is 5.91 Å². The van der Waals surface area contributed by atoms with Gasteiger partial charge in [0.1, 0.15) is 11.5 Å². The average Bonchev–Trinajstić information content (AvgIpc) is 3.49. The van der Waals surface area contributed by atoms with Gasteiger partial charge in [0.05, 0.1) is 12.0 Å². The molecule has 1 N–H and O–H groups in total. The fourth-order valence-electron chi connectivity index (χ4n) is 5.83. The number of fused-ring (bicyclic) bond motifs is 3. The number of carbonyl (C=O) groups excluding carboxylic acids is 3. The predicted molar refractivity (Wildman–Crippen MR) is 128 cm³/mol. The number of anilines is 1. The minimum Gasteiger partial charge on any atom is -0.325 e. The monoisotopic (exact) mass is 510 g/mol. The van der Waals surface area contributed by atoms with Crippen molar-refractivity contribution >= 4 is 23.4 Å². The molecule has 192 valence electrons. The predicted octanol–water partition coefficient (Wildman–Crippen LogP) is 4.44. The van der Waals surface area contributed by atoms with Gasteiger partial charge in [-0.3, -0.25) is 24.1 Å². The summed E-state index contributed by atoms with van der Waals surface area (Å²) >= 11 is 0. The fraction of sp³-hybridized carbons (Fsp3) is 0.407. The van der Waals surface area contributed by atoms with Crippen molar-refractivity contribution in [2.75, 3.05) is 11.9 Å². The van der Waals surface area contributed by atoms with E-state index in [1.165, 1.54) is 21.9 Å². The van der Waals surface area contributed by atoms with E-state index < -0.39 is 41.2 Å². The van der Waals surface area contributed by atoms with Crippen LogP contribution in [0.25, 0.3) is 4.85 Å². The molecule has 2 aromatic carbocycles. The summed E-state index contributed by atoms with van der Waals surface area (Å²) < 4.78 is 41.0. The molecule has 0 radical (unpaired) electrons. The highest BCUT2D eigenvalue weighted by atomic mass is 19.4. The molecule has 0 aliphatic carbocycles. The van der Waals surface area contributed by atoms with Crippen LogP contribution in [0, 0.1) is 12.5 Å². The van der Waals surface area contributed by atoms with E-state index in [1.807, 2.05) is 13.8 Å². The number of halogens is 3. The number of para-hydroxylation sites is 1. The molecule has 1 saturated heterocycles. The molecule has 2 aromatic rings. The maximum Gasteiger partial charge on any atom is 0.416 e. The van der Waals surface area contributed by atoms with E-state index in [4.69, 9.17) is 6.57 Å². The molecule has 3 aliphatic rings. The Hall–Kier alpha value is -3.87. The fourth-order valence-corrected chi connectivity index (χ4v) is 5.83. The summed E-state index contributed by atoms with van der Waals surface area (Å²) in [6.45, 7) is 11.1. The summed E-state index contributed by atoms with van der Waals surface area (Å²) in [5.74, 6) is -1.53. The van der Waals surface area contributed by atoms with Gasteiger partial charge in [0.25, 0.3) is 11.8 Å². The molecule has 0 saturated carbocycles. The summed E-state index contributed by atoms with van der Waals surface area (Å²) in [6, 6.07) is 9.54. The van der Waals surface area contributed by atoms with Crippen molar-refractivity contribution < 1.29 is 27.6 Å². The van der Waals surface area contributed by atoms with Crippen molar-refractivity contribution in [3.63, 3.8) is 0 Å². The second-order valence-electron chi connectivity index (χ2n) is 10.3. The SMILES string of the molecule is [C-]#[N+][C@@H]1C[C@@]2(CN1C(=O)[C@H](CC(C)C)N1Cc3c(cccc3C(F)(F)F)C1=O)C(=O)Nc1ccccc12. The minimum absolute atomic E-state index is 0.0426. The van der Waals surface area contributed by atoms with Crippen LogP contribution in [-0.4, -0.2) is 46.3 Å². The lowest BCUT2D eigenvalue weighted by Gasteiger charge is -2.32. The van der Waals surface area contributed by atoms with Crippen LogP contribution < -0.4 is 5.32 Å². The highest BCUT2D eigenvalue weighted by Gasteiger charge is 2.59. The molecule has 0 unspecified atom stereocenters. The third-order valence-corrected chi connectivity index (χ3v) is 7.55. The highest BCUT2D eigenvalue weighted by Crippen LogP contribution is 2.47. The van der Waals surface area contributed by atoms with E-state index in [0.717, 1.165) is 6.07 Å². The molecular weight excluding hydrogens is 485 g/mol. The lowest BCUT2D eigenvalue weighted by atomic mass is 9.80. The van der Waals surface area contributed by atoms with Crippen molar-refractivity contribution in [3.05, 3.63) is 76.1 Å². The van der Waals surface area contributed by atoms with Gasteiger partial charge in [0, 0.05) is 24.3 Å². The van der Waals surface area contributed by atoms with E-state index in [-0.39, 0.29) is 48.9 Å². The summed E-state index contributed by atoms with van der Waals surface area (Å²) in [4.78, 5) is 46.6. The Morgan fingerprint density at radius 3 is 2.59 bits per heavy atom. The van der Waals surface area contributed by atoms with Crippen LogP contribution in [0.3, 0.4) is 0 Å². The smallest absolute Gasteiger partial charge is 0.325 e. The molecule has 1 fully saturated rings. The molecule has 1 spiro atoms. The van der Waals surface area contributed by atoms with Gasteiger partial charge < -0.3 is 10.2 Å². The van der Waals surface area contributed by atoms with Crippen LogP contribution >= 0.6 is 0 Å². The van der Waals surface area contributed by atoms with E-state index in [2.05, 4.69) is 10.2 Å². The van der Waals surface area contributed by atoms with E-state index in [1.54, 1.807) is 24.3 Å². The van der Waals surface area contributed by atoms with Crippen molar-refractivity contribution in [1.82, 2.24) is 9.80 Å². The number of carbonyl (C=O) groups is 3. The Morgan fingerprint density at radius 1 is 1.19 bits per heavy atom. The summed E-state index contributed by atoms with van der Waals surface area (Å²) in [5.41, 5.74) is -0.857. The summed E-state index contributed by atoms with van der Waals surface area (Å²) in [5, 5.41) is 2.84. The van der Waals surface area contributed by atoms with Crippen LogP contribution in [0.2, 0.25) is 0 Å². The molecule has 0 bridgehead atoms. The topological polar surface area (TPSA) is 74.1 Å². The lowest BCUT2D eigenvalue weighted by molar-refractivity contribution is -0.138. The van der Waals surface area contributed by atoms with Gasteiger partial charge in [-0.2, -0.15) is 13.2 Å². The highest BCUT2D eigenvalue weighted by molar-refractivity contribution is 6.07. The molecule has 5 rings (SSSR count). The van der Waals surface area contributed by atoms with Gasteiger partial charge >= 0.3 is 12.3 Å². The number of nitrogens with one attached hydrogen (secondary N) is 1. The molecule has 0 aromatic heterocycles. The maximum atomic E-state index is 14.0. The summed E-state index contributed by atoms with van der Waals surface area (Å²) in [7, 11) is 0. The lowest BCUT2D eigenvalue weighted by Crippen LogP contribution is -2.51. The number of alkyl halides is 3. The van der Waals surface area contributed by atoms with Gasteiger partial charge in [-0.15, -0.1) is 0 Å². The third-order valence-electron chi connectivity index (χ3n) is 7.55. The number of rotatable bonds is 4. The Morgan fingerprint density at radius 2 is 1.92 bits per heavy atom. The Labute approximate surface area is 212 Å². The molecule has 7 nitrogen and oxygen atoms in total. The minimum atomic E-state index is -4.64. The van der Waals surface area contributed by atoms with Crippen LogP contribution in [0.1, 0.15) is 53.7 Å². The number of hydrogen-bond acceptors (Lipinski definition) is 3. The normalized spacial score (nSPS) is 23.3. The number of nitrogens with zero attached hydrogens (tertiary/aromatic N) is 3. The third kappa shape index (κ3) is 3.84. The van der Waals surface area contributed by atoms with Gasteiger partial charge in [-0.05, 0) is 41.7 Å². The average molecular weight is 511 g/mol. The van der Waals surface area contributed by atoms with Gasteiger partial charge in [0.15, 0.2) is 0 Å². The van der Waals surface area contributed by atoms with Crippen molar-refractivity contribution in [1.29, 1.82) is 0 Å². The van der Waals surface area contributed by atoms with Gasteiger partial charge in [-0.1, -0.05) is 38.1 Å². The number of benzene rings is 2. The van der Waals surface area contributed by atoms with Gasteiger partial charge in [-0.25, -0.2) is 6.57 Å². The van der Waals surface area contributed by atoms with Crippen molar-refractivity contribution in [3.8, 4) is 0 Å². The van der Waals surface area contributed by atoms with E-state index >= 15 is 0 Å². The molecule has 3 aliphatic heterocycles. The zero-order chi connectivity index (χ0) is 26.7. The largest absolute Gasteiger partial charge is 0.416 e. The zero-order valence-electron chi connectivity index (χ0n) is 20.3. The summed E-state index contributed by atoms with van der Waals surface area (Å²) in [6.07, 6.45) is -5.27. The quantitative estimate of drug-likeness (QED) is 0.618. The van der Waals surface area contributed by atoms with E-state index in [0.29, 0.717) is 11.3 Å². The van der Waals surface area contributed by atoms with Crippen LogP contribution in [0.4, 0.5) is 18.9 Å². The first kappa shape index (κ1) is 24.8. The van der Waals surface area contributed by atoms with Crippen LogP contribution in [0.5, 0.6) is 0 Å². The number of hydrogen-bond donors (Lipinski definition) is 1. The first-order valence-corrected chi connectivity index (χ1v) is 12.1. The van der Waals surface area contributed by atoms with Crippen molar-refractivity contribution in [2.24, 2.45) is 5.92 Å². The Bertz CT molecular complexity index is 1350. The Kier molecular flexibility index (Phi) is 5.77. The molecule has 3 heterocycles. The second kappa shape index (κ2) is 8.61. The van der Waals surface area contributed by atoms with E-state index in [9.17, 15) is 27.6 Å². The van der Waals surface area contributed by atoms with Crippen LogP contribution in [0.15, 0.2) is 42.5 Å². The standard InChI is InChI=1S/C27H25F3N4O3/c1-15(2)11-21(33-13-17-16(23(33)35)7-6-9-18(17)27(28,29)30)24(36)34-14-26(12-22(34)31-3)19-8-4-5-10-20(19)32-25(26)37/h4-10,15,21-22H,11-14H2,1-2H3,(H,32,37)/t21-,22-,26-/m0/s1. The zero-order valence-corrected chi connectivity index (χ0v) is 20.3. The number of likely N-dealkylation sites (tertiary alicyclic amines) is 1. The molecule has 37 heavy (non-hydrogen) atoms. The number of amides is 3. The molecule has 10 heteroatoms.